The molecule has 14 heavy (non-hydrogen) atoms. The van der Waals surface area contributed by atoms with Crippen LogP contribution in [0.15, 0.2) is 12.2 Å². The molecular weight excluding hydrogens is 176 g/mol. The maximum atomic E-state index is 10.1. The van der Waals surface area contributed by atoms with Crippen molar-refractivity contribution in [3.05, 3.63) is 12.2 Å². The molecule has 0 amide bonds. The maximum absolute atomic E-state index is 10.1. The zero-order valence-corrected chi connectivity index (χ0v) is 8.40. The summed E-state index contributed by atoms with van der Waals surface area (Å²) in [6.45, 7) is 1.58. The summed E-state index contributed by atoms with van der Waals surface area (Å²) in [6.07, 6.45) is 6.65. The van der Waals surface area contributed by atoms with Crippen LogP contribution in [0.4, 0.5) is 0 Å². The second-order valence-corrected chi connectivity index (χ2v) is 4.49. The molecule has 0 aromatic rings. The van der Waals surface area contributed by atoms with E-state index in [0.717, 1.165) is 6.42 Å². The van der Waals surface area contributed by atoms with Gasteiger partial charge in [0.1, 0.15) is 12.2 Å². The Morgan fingerprint density at radius 3 is 2.71 bits per heavy atom. The number of rotatable bonds is 1. The van der Waals surface area contributed by atoms with Crippen LogP contribution >= 0.6 is 0 Å². The van der Waals surface area contributed by atoms with Gasteiger partial charge in [0.25, 0.3) is 0 Å². The van der Waals surface area contributed by atoms with Crippen molar-refractivity contribution >= 4 is 0 Å². The van der Waals surface area contributed by atoms with Crippen LogP contribution < -0.4 is 0 Å². The highest BCUT2D eigenvalue weighted by Crippen LogP contribution is 2.47. The third kappa shape index (κ3) is 1.58. The summed E-state index contributed by atoms with van der Waals surface area (Å²) in [6, 6.07) is 0. The van der Waals surface area contributed by atoms with Crippen LogP contribution in [-0.4, -0.2) is 22.4 Å². The van der Waals surface area contributed by atoms with E-state index in [2.05, 4.69) is 24.0 Å². The topological polar surface area (TPSA) is 40.5 Å². The first kappa shape index (κ1) is 9.76. The van der Waals surface area contributed by atoms with Crippen LogP contribution in [0, 0.1) is 29.6 Å². The summed E-state index contributed by atoms with van der Waals surface area (Å²) < 4.78 is 0. The fourth-order valence-corrected chi connectivity index (χ4v) is 2.74. The quantitative estimate of drug-likeness (QED) is 0.479. The van der Waals surface area contributed by atoms with Gasteiger partial charge in [-0.3, -0.25) is 0 Å². The summed E-state index contributed by atoms with van der Waals surface area (Å²) >= 11 is 0. The number of aliphatic hydroxyl groups is 2. The lowest BCUT2D eigenvalue weighted by atomic mass is 9.80. The maximum Gasteiger partial charge on any atom is 0.126 e. The zero-order valence-electron chi connectivity index (χ0n) is 8.40. The zero-order chi connectivity index (χ0) is 10.2. The molecule has 2 bridgehead atoms. The summed E-state index contributed by atoms with van der Waals surface area (Å²) in [7, 11) is 0. The molecule has 4 unspecified atom stereocenters. The van der Waals surface area contributed by atoms with E-state index in [1.807, 2.05) is 0 Å². The highest BCUT2D eigenvalue weighted by Gasteiger charge is 2.44. The molecule has 0 aromatic carbocycles. The van der Waals surface area contributed by atoms with E-state index >= 15 is 0 Å². The molecule has 2 heteroatoms. The standard InChI is InChI=1S/C12H16O2/c1-12(14,5-2-6-13)11-8-9-3-4-10(11)7-9/h3-4,9-11,13-14H,6-8H2,1H3. The Labute approximate surface area is 84.6 Å². The number of fused-ring (bicyclic) bond motifs is 2. The molecule has 4 atom stereocenters. The first-order valence-corrected chi connectivity index (χ1v) is 5.15. The van der Waals surface area contributed by atoms with Gasteiger partial charge in [-0.1, -0.05) is 24.0 Å². The molecule has 76 valence electrons. The predicted molar refractivity (Wildman–Crippen MR) is 54.3 cm³/mol. The normalized spacial score (nSPS) is 37.8. The van der Waals surface area contributed by atoms with Crippen LogP contribution in [0.5, 0.6) is 0 Å². The third-order valence-corrected chi connectivity index (χ3v) is 3.42. The van der Waals surface area contributed by atoms with Crippen molar-refractivity contribution in [2.24, 2.45) is 17.8 Å². The molecule has 2 rings (SSSR count). The Hall–Kier alpha value is -0.780. The van der Waals surface area contributed by atoms with Crippen LogP contribution in [0.1, 0.15) is 19.8 Å². The van der Waals surface area contributed by atoms with Crippen molar-refractivity contribution in [2.45, 2.75) is 25.4 Å². The largest absolute Gasteiger partial charge is 0.384 e. The van der Waals surface area contributed by atoms with Crippen molar-refractivity contribution in [1.82, 2.24) is 0 Å². The third-order valence-electron chi connectivity index (χ3n) is 3.42. The van der Waals surface area contributed by atoms with Gasteiger partial charge in [0.15, 0.2) is 0 Å². The fourth-order valence-electron chi connectivity index (χ4n) is 2.74. The summed E-state index contributed by atoms with van der Waals surface area (Å²) in [5, 5.41) is 18.8. The Morgan fingerprint density at radius 2 is 2.21 bits per heavy atom. The summed E-state index contributed by atoms with van der Waals surface area (Å²) in [5.74, 6) is 6.69. The van der Waals surface area contributed by atoms with Gasteiger partial charge in [-0.2, -0.15) is 0 Å². The monoisotopic (exact) mass is 192 g/mol. The van der Waals surface area contributed by atoms with Gasteiger partial charge in [0, 0.05) is 5.92 Å². The minimum atomic E-state index is -0.938. The molecule has 2 aliphatic carbocycles. The van der Waals surface area contributed by atoms with E-state index in [4.69, 9.17) is 5.11 Å². The highest BCUT2D eigenvalue weighted by atomic mass is 16.3. The predicted octanol–water partition coefficient (Wildman–Crippen LogP) is 0.945. The molecule has 1 saturated carbocycles. The Kier molecular flexibility index (Phi) is 2.38. The Bertz CT molecular complexity index is 306. The van der Waals surface area contributed by atoms with E-state index in [-0.39, 0.29) is 12.5 Å². The first-order chi connectivity index (χ1) is 6.63. The number of allylic oxidation sites excluding steroid dienone is 2. The van der Waals surface area contributed by atoms with E-state index < -0.39 is 5.60 Å². The minimum absolute atomic E-state index is 0.174. The number of aliphatic hydroxyl groups excluding tert-OH is 1. The molecule has 2 N–H and O–H groups in total. The van der Waals surface area contributed by atoms with Crippen molar-refractivity contribution < 1.29 is 10.2 Å². The Balaban J connectivity index is 2.11. The van der Waals surface area contributed by atoms with Gasteiger partial charge in [-0.25, -0.2) is 0 Å². The molecule has 0 radical (unpaired) electrons. The lowest BCUT2D eigenvalue weighted by molar-refractivity contribution is 0.0430. The molecule has 2 nitrogen and oxygen atoms in total. The van der Waals surface area contributed by atoms with Crippen molar-refractivity contribution in [3.63, 3.8) is 0 Å². The first-order valence-electron chi connectivity index (χ1n) is 5.15. The second kappa shape index (κ2) is 3.42. The molecule has 0 aliphatic heterocycles. The van der Waals surface area contributed by atoms with Gasteiger partial charge in [-0.05, 0) is 31.6 Å². The SMILES string of the molecule is CC(O)(C#CCO)C1CC2C=CC1C2. The van der Waals surface area contributed by atoms with E-state index in [9.17, 15) is 5.11 Å². The highest BCUT2D eigenvalue weighted by molar-refractivity contribution is 5.21. The van der Waals surface area contributed by atoms with Gasteiger partial charge >= 0.3 is 0 Å². The van der Waals surface area contributed by atoms with Gasteiger partial charge in [0.2, 0.25) is 0 Å². The van der Waals surface area contributed by atoms with Crippen molar-refractivity contribution in [3.8, 4) is 11.8 Å². The number of hydrogen-bond acceptors (Lipinski definition) is 2. The van der Waals surface area contributed by atoms with E-state index in [1.54, 1.807) is 6.92 Å². The minimum Gasteiger partial charge on any atom is -0.384 e. The van der Waals surface area contributed by atoms with Gasteiger partial charge in [0.05, 0.1) is 0 Å². The van der Waals surface area contributed by atoms with Crippen molar-refractivity contribution in [1.29, 1.82) is 0 Å². The number of hydrogen-bond donors (Lipinski definition) is 2. The van der Waals surface area contributed by atoms with Crippen LogP contribution in [-0.2, 0) is 0 Å². The van der Waals surface area contributed by atoms with Crippen LogP contribution in [0.3, 0.4) is 0 Å². The second-order valence-electron chi connectivity index (χ2n) is 4.49. The van der Waals surface area contributed by atoms with Gasteiger partial charge < -0.3 is 10.2 Å². The molecule has 0 heterocycles. The summed E-state index contributed by atoms with van der Waals surface area (Å²) in [4.78, 5) is 0. The van der Waals surface area contributed by atoms with Crippen molar-refractivity contribution in [2.75, 3.05) is 6.61 Å². The molecule has 0 spiro atoms. The lowest BCUT2D eigenvalue weighted by Gasteiger charge is -2.29. The van der Waals surface area contributed by atoms with Crippen LogP contribution in [0.2, 0.25) is 0 Å². The molecule has 1 fully saturated rings. The van der Waals surface area contributed by atoms with Crippen LogP contribution in [0.25, 0.3) is 0 Å². The van der Waals surface area contributed by atoms with E-state index in [1.165, 1.54) is 6.42 Å². The molecular formula is C12H16O2. The Morgan fingerprint density at radius 1 is 1.43 bits per heavy atom. The van der Waals surface area contributed by atoms with E-state index in [0.29, 0.717) is 11.8 Å². The fraction of sp³-hybridized carbons (Fsp3) is 0.667. The molecule has 2 aliphatic rings. The molecule has 0 aromatic heterocycles. The smallest absolute Gasteiger partial charge is 0.126 e. The van der Waals surface area contributed by atoms with Gasteiger partial charge in [-0.15, -0.1) is 0 Å². The average molecular weight is 192 g/mol. The lowest BCUT2D eigenvalue weighted by Crippen LogP contribution is -2.35. The molecule has 0 saturated heterocycles. The summed E-state index contributed by atoms with van der Waals surface area (Å²) in [5.41, 5.74) is -0.938. The average Bonchev–Trinajstić information content (AvgIpc) is 2.75.